The molecule has 0 aliphatic carbocycles. The highest BCUT2D eigenvalue weighted by atomic mass is 79.9. The van der Waals surface area contributed by atoms with Crippen LogP contribution < -0.4 is 4.90 Å². The molecule has 154 valence electrons. The molecule has 0 spiro atoms. The summed E-state index contributed by atoms with van der Waals surface area (Å²) in [5.41, 5.74) is 3.35. The normalized spacial score (nSPS) is 15.1. The van der Waals surface area contributed by atoms with Crippen molar-refractivity contribution in [3.63, 3.8) is 0 Å². The maximum Gasteiger partial charge on any atom is 0.270 e. The van der Waals surface area contributed by atoms with Gasteiger partial charge in [0.25, 0.3) is 5.91 Å². The predicted octanol–water partition coefficient (Wildman–Crippen LogP) is 5.11. The second kappa shape index (κ2) is 9.22. The summed E-state index contributed by atoms with van der Waals surface area (Å²) in [7, 11) is 0. The summed E-state index contributed by atoms with van der Waals surface area (Å²) in [6.45, 7) is 9.31. The summed E-state index contributed by atoms with van der Waals surface area (Å²) in [5.74, 6) is 0.0250. The minimum absolute atomic E-state index is 0.0250. The number of nitrogens with zero attached hydrogens (tertiary/aromatic N) is 3. The van der Waals surface area contributed by atoms with E-state index in [-0.39, 0.29) is 5.91 Å². The van der Waals surface area contributed by atoms with Crippen molar-refractivity contribution in [2.24, 2.45) is 0 Å². The number of carbonyl (C=O) groups is 1. The number of rotatable bonds is 6. The van der Waals surface area contributed by atoms with Gasteiger partial charge < -0.3 is 4.74 Å². The number of aromatic nitrogens is 1. The maximum atomic E-state index is 13.3. The van der Waals surface area contributed by atoms with Gasteiger partial charge >= 0.3 is 0 Å². The molecule has 1 aliphatic rings. The average Bonchev–Trinajstić information content (AvgIpc) is 3.36. The predicted molar refractivity (Wildman–Crippen MR) is 125 cm³/mol. The number of carbonyl (C=O) groups excluding carboxylic acids is 1. The molecule has 8 heteroatoms. The van der Waals surface area contributed by atoms with E-state index in [1.165, 1.54) is 21.6 Å². The zero-order valence-electron chi connectivity index (χ0n) is 16.6. The van der Waals surface area contributed by atoms with Gasteiger partial charge in [0.05, 0.1) is 32.1 Å². The highest BCUT2D eigenvalue weighted by Gasteiger charge is 2.23. The van der Waals surface area contributed by atoms with E-state index in [0.29, 0.717) is 6.54 Å². The number of anilines is 1. The molecule has 3 heterocycles. The van der Waals surface area contributed by atoms with Crippen LogP contribution in [-0.2, 0) is 4.74 Å². The van der Waals surface area contributed by atoms with Crippen molar-refractivity contribution in [1.29, 1.82) is 0 Å². The van der Waals surface area contributed by atoms with E-state index in [0.717, 1.165) is 64.1 Å². The lowest BCUT2D eigenvalue weighted by atomic mass is 10.1. The second-order valence-electron chi connectivity index (χ2n) is 7.24. The first-order valence-electron chi connectivity index (χ1n) is 9.77. The van der Waals surface area contributed by atoms with Gasteiger partial charge in [0.15, 0.2) is 5.13 Å². The summed E-state index contributed by atoms with van der Waals surface area (Å²) in [6.07, 6.45) is 0.909. The number of aryl methyl sites for hydroxylation is 2. The molecule has 4 rings (SSSR count). The van der Waals surface area contributed by atoms with Gasteiger partial charge in [0.2, 0.25) is 0 Å². The summed E-state index contributed by atoms with van der Waals surface area (Å²) >= 11 is 6.56. The van der Waals surface area contributed by atoms with E-state index in [1.807, 2.05) is 17.0 Å². The molecule has 0 atom stereocenters. The first-order valence-corrected chi connectivity index (χ1v) is 12.2. The van der Waals surface area contributed by atoms with E-state index >= 15 is 0 Å². The summed E-state index contributed by atoms with van der Waals surface area (Å²) < 4.78 is 7.56. The maximum absolute atomic E-state index is 13.3. The Hall–Kier alpha value is -1.32. The van der Waals surface area contributed by atoms with Crippen LogP contribution in [0.15, 0.2) is 28.1 Å². The molecule has 0 saturated carbocycles. The molecule has 0 bridgehead atoms. The molecule has 1 aliphatic heterocycles. The van der Waals surface area contributed by atoms with Crippen LogP contribution in [0.1, 0.15) is 27.2 Å². The topological polar surface area (TPSA) is 45.7 Å². The third-order valence-corrected chi connectivity index (χ3v) is 7.98. The lowest BCUT2D eigenvalue weighted by Gasteiger charge is -2.27. The van der Waals surface area contributed by atoms with Gasteiger partial charge in [-0.05, 0) is 59.5 Å². The third-order valence-electron chi connectivity index (χ3n) is 5.15. The highest BCUT2D eigenvalue weighted by Crippen LogP contribution is 2.34. The van der Waals surface area contributed by atoms with Gasteiger partial charge in [-0.2, -0.15) is 0 Å². The standard InChI is InChI=1S/C21H24BrN3O2S2/c1-14-4-5-15(2)19-18(14)23-21(29-19)25(20(26)16-6-7-17(22)28-16)9-3-8-24-10-12-27-13-11-24/h4-7H,3,8-13H2,1-2H3. The number of amides is 1. The van der Waals surface area contributed by atoms with Crippen molar-refractivity contribution >= 4 is 59.9 Å². The molecule has 5 nitrogen and oxygen atoms in total. The number of fused-ring (bicyclic) bond motifs is 1. The van der Waals surface area contributed by atoms with Gasteiger partial charge in [-0.1, -0.05) is 23.5 Å². The first kappa shape index (κ1) is 20.9. The van der Waals surface area contributed by atoms with Crippen LogP contribution in [0.25, 0.3) is 10.2 Å². The zero-order chi connectivity index (χ0) is 20.4. The van der Waals surface area contributed by atoms with E-state index < -0.39 is 0 Å². The number of halogens is 1. The van der Waals surface area contributed by atoms with Crippen LogP contribution >= 0.6 is 38.6 Å². The number of thiazole rings is 1. The smallest absolute Gasteiger partial charge is 0.270 e. The summed E-state index contributed by atoms with van der Waals surface area (Å²) in [6, 6.07) is 8.04. The Balaban J connectivity index is 1.59. The molecule has 1 amide bonds. The van der Waals surface area contributed by atoms with Crippen LogP contribution in [0.2, 0.25) is 0 Å². The number of morpholine rings is 1. The summed E-state index contributed by atoms with van der Waals surface area (Å²) in [5, 5.41) is 0.786. The van der Waals surface area contributed by atoms with Gasteiger partial charge in [0, 0.05) is 26.2 Å². The van der Waals surface area contributed by atoms with Gasteiger partial charge in [-0.25, -0.2) is 4.98 Å². The number of ether oxygens (including phenoxy) is 1. The van der Waals surface area contributed by atoms with Gasteiger partial charge in [0.1, 0.15) is 0 Å². The lowest BCUT2D eigenvalue weighted by Crippen LogP contribution is -2.39. The van der Waals surface area contributed by atoms with Crippen LogP contribution in [0.5, 0.6) is 0 Å². The minimum Gasteiger partial charge on any atom is -0.379 e. The molecular weight excluding hydrogens is 470 g/mol. The Bertz CT molecular complexity index is 972. The van der Waals surface area contributed by atoms with Crippen LogP contribution in [-0.4, -0.2) is 55.2 Å². The van der Waals surface area contributed by atoms with Crippen LogP contribution in [0.3, 0.4) is 0 Å². The first-order chi connectivity index (χ1) is 14.0. The fourth-order valence-corrected chi connectivity index (χ4v) is 5.96. The van der Waals surface area contributed by atoms with E-state index in [9.17, 15) is 4.79 Å². The molecule has 3 aromatic rings. The molecule has 1 aromatic carbocycles. The van der Waals surface area contributed by atoms with Gasteiger partial charge in [-0.3, -0.25) is 14.6 Å². The Morgan fingerprint density at radius 1 is 1.17 bits per heavy atom. The van der Waals surface area contributed by atoms with Crippen LogP contribution in [0.4, 0.5) is 5.13 Å². The SMILES string of the molecule is Cc1ccc(C)c2sc(N(CCCN3CCOCC3)C(=O)c3ccc(Br)s3)nc12. The van der Waals surface area contributed by atoms with E-state index in [1.54, 1.807) is 11.3 Å². The Kier molecular flexibility index (Phi) is 6.66. The number of hydrogen-bond donors (Lipinski definition) is 0. The molecule has 2 aromatic heterocycles. The van der Waals surface area contributed by atoms with E-state index in [2.05, 4.69) is 46.8 Å². The third kappa shape index (κ3) is 4.72. The molecule has 1 fully saturated rings. The van der Waals surface area contributed by atoms with Crippen molar-refractivity contribution in [2.75, 3.05) is 44.3 Å². The van der Waals surface area contributed by atoms with Crippen molar-refractivity contribution in [2.45, 2.75) is 20.3 Å². The van der Waals surface area contributed by atoms with Crippen LogP contribution in [0, 0.1) is 13.8 Å². The summed E-state index contributed by atoms with van der Waals surface area (Å²) in [4.78, 5) is 23.2. The van der Waals surface area contributed by atoms with Crippen molar-refractivity contribution < 1.29 is 9.53 Å². The second-order valence-corrected chi connectivity index (χ2v) is 10.7. The van der Waals surface area contributed by atoms with Crippen molar-refractivity contribution in [3.05, 3.63) is 44.1 Å². The quantitative estimate of drug-likeness (QED) is 0.478. The number of thiophene rings is 1. The molecule has 0 N–H and O–H groups in total. The fourth-order valence-electron chi connectivity index (χ4n) is 3.49. The zero-order valence-corrected chi connectivity index (χ0v) is 19.8. The van der Waals surface area contributed by atoms with E-state index in [4.69, 9.17) is 9.72 Å². The molecule has 29 heavy (non-hydrogen) atoms. The molecule has 0 unspecified atom stereocenters. The largest absolute Gasteiger partial charge is 0.379 e. The Morgan fingerprint density at radius 2 is 1.93 bits per heavy atom. The Labute approximate surface area is 187 Å². The minimum atomic E-state index is 0.0250. The number of hydrogen-bond acceptors (Lipinski definition) is 6. The van der Waals surface area contributed by atoms with Crippen molar-refractivity contribution in [3.8, 4) is 0 Å². The molecule has 1 saturated heterocycles. The Morgan fingerprint density at radius 3 is 2.62 bits per heavy atom. The fraction of sp³-hybridized carbons (Fsp3) is 0.429. The van der Waals surface area contributed by atoms with Crippen molar-refractivity contribution in [1.82, 2.24) is 9.88 Å². The average molecular weight is 494 g/mol. The van der Waals surface area contributed by atoms with Gasteiger partial charge in [-0.15, -0.1) is 11.3 Å². The number of benzene rings is 1. The monoisotopic (exact) mass is 493 g/mol. The molecular formula is C21H24BrN3O2S2. The molecule has 0 radical (unpaired) electrons. The lowest BCUT2D eigenvalue weighted by molar-refractivity contribution is 0.0376. The highest BCUT2D eigenvalue weighted by molar-refractivity contribution is 9.11.